The van der Waals surface area contributed by atoms with Gasteiger partial charge in [0.2, 0.25) is 0 Å². The molecule has 0 atom stereocenters. The van der Waals surface area contributed by atoms with Crippen LogP contribution < -0.4 is 4.74 Å². The summed E-state index contributed by atoms with van der Waals surface area (Å²) in [6, 6.07) is 18.9. The van der Waals surface area contributed by atoms with Gasteiger partial charge < -0.3 is 9.15 Å². The lowest BCUT2D eigenvalue weighted by Gasteiger charge is -2.13. The quantitative estimate of drug-likeness (QED) is 0.394. The number of aryl methyl sites for hydroxylation is 1. The lowest BCUT2D eigenvalue weighted by Crippen LogP contribution is -2.32. The normalized spacial score (nSPS) is 15.3. The van der Waals surface area contributed by atoms with Gasteiger partial charge in [-0.2, -0.15) is 0 Å². The lowest BCUT2D eigenvalue weighted by atomic mass is 10.1. The van der Waals surface area contributed by atoms with Crippen LogP contribution >= 0.6 is 27.7 Å². The van der Waals surface area contributed by atoms with Crippen LogP contribution in [0.1, 0.15) is 11.3 Å². The zero-order chi connectivity index (χ0) is 21.1. The van der Waals surface area contributed by atoms with Crippen LogP contribution in [0.5, 0.6) is 5.75 Å². The van der Waals surface area contributed by atoms with Gasteiger partial charge in [-0.3, -0.25) is 14.5 Å². The Morgan fingerprint density at radius 1 is 1.10 bits per heavy atom. The van der Waals surface area contributed by atoms with Crippen LogP contribution in [0.2, 0.25) is 0 Å². The second-order valence-corrected chi connectivity index (χ2v) is 8.53. The molecule has 7 heteroatoms. The first kappa shape index (κ1) is 20.5. The maximum atomic E-state index is 12.6. The lowest BCUT2D eigenvalue weighted by molar-refractivity contribution is -0.123. The molecule has 1 aliphatic rings. The number of benzene rings is 2. The van der Waals surface area contributed by atoms with Gasteiger partial charge in [0.15, 0.2) is 0 Å². The summed E-state index contributed by atoms with van der Waals surface area (Å²) in [6.45, 7) is 2.45. The van der Waals surface area contributed by atoms with Gasteiger partial charge in [-0.25, -0.2) is 0 Å². The Labute approximate surface area is 186 Å². The fraction of sp³-hybridized carbons (Fsp3) is 0.130. The number of hydrogen-bond donors (Lipinski definition) is 0. The molecule has 152 valence electrons. The van der Waals surface area contributed by atoms with Gasteiger partial charge in [0, 0.05) is 16.1 Å². The first-order chi connectivity index (χ1) is 14.5. The van der Waals surface area contributed by atoms with E-state index >= 15 is 0 Å². The molecule has 2 aromatic carbocycles. The Morgan fingerprint density at radius 2 is 1.90 bits per heavy atom. The number of thioether (sulfide) groups is 1. The molecule has 0 bridgehead atoms. The molecule has 2 heterocycles. The maximum absolute atomic E-state index is 12.6. The van der Waals surface area contributed by atoms with Crippen LogP contribution in [0.15, 0.2) is 74.5 Å². The highest BCUT2D eigenvalue weighted by Crippen LogP contribution is 2.34. The van der Waals surface area contributed by atoms with E-state index in [1.54, 1.807) is 12.1 Å². The molecule has 0 N–H and O–H groups in total. The molecular weight excluding hydrogens is 466 g/mol. The smallest absolute Gasteiger partial charge is 0.293 e. The average molecular weight is 484 g/mol. The van der Waals surface area contributed by atoms with E-state index in [1.165, 1.54) is 4.90 Å². The van der Waals surface area contributed by atoms with Crippen molar-refractivity contribution in [2.75, 3.05) is 13.2 Å². The number of nitrogens with zero attached hydrogens (tertiary/aromatic N) is 1. The van der Waals surface area contributed by atoms with Crippen molar-refractivity contribution in [2.45, 2.75) is 6.92 Å². The number of rotatable bonds is 6. The summed E-state index contributed by atoms with van der Waals surface area (Å²) in [6.07, 6.45) is 1.61. The second kappa shape index (κ2) is 8.93. The molecule has 1 aliphatic heterocycles. The van der Waals surface area contributed by atoms with E-state index in [1.807, 2.05) is 61.5 Å². The van der Waals surface area contributed by atoms with E-state index in [2.05, 4.69) is 15.9 Å². The Balaban J connectivity index is 1.44. The van der Waals surface area contributed by atoms with E-state index in [0.29, 0.717) is 22.2 Å². The van der Waals surface area contributed by atoms with E-state index in [9.17, 15) is 9.59 Å². The van der Waals surface area contributed by atoms with Crippen molar-refractivity contribution in [3.63, 3.8) is 0 Å². The molecule has 0 unspecified atom stereocenters. The van der Waals surface area contributed by atoms with Gasteiger partial charge >= 0.3 is 0 Å². The van der Waals surface area contributed by atoms with Crippen LogP contribution in [0.25, 0.3) is 17.4 Å². The van der Waals surface area contributed by atoms with Crippen molar-refractivity contribution in [1.29, 1.82) is 0 Å². The number of amides is 2. The highest BCUT2D eigenvalue weighted by molar-refractivity contribution is 9.10. The number of ether oxygens (including phenoxy) is 1. The maximum Gasteiger partial charge on any atom is 0.293 e. The molecule has 3 aromatic rings. The van der Waals surface area contributed by atoms with Crippen molar-refractivity contribution in [2.24, 2.45) is 0 Å². The summed E-state index contributed by atoms with van der Waals surface area (Å²) in [4.78, 5) is 26.4. The third-order valence-corrected chi connectivity index (χ3v) is 6.05. The second-order valence-electron chi connectivity index (χ2n) is 6.68. The van der Waals surface area contributed by atoms with Crippen LogP contribution in [0.3, 0.4) is 0 Å². The number of hydrogen-bond acceptors (Lipinski definition) is 5. The predicted molar refractivity (Wildman–Crippen MR) is 121 cm³/mol. The Hall–Kier alpha value is -2.77. The molecule has 1 aromatic heterocycles. The Kier molecular flexibility index (Phi) is 6.11. The summed E-state index contributed by atoms with van der Waals surface area (Å²) < 4.78 is 12.4. The number of imide groups is 1. The average Bonchev–Trinajstić information content (AvgIpc) is 3.29. The van der Waals surface area contributed by atoms with Gasteiger partial charge in [-0.15, -0.1) is 0 Å². The topological polar surface area (TPSA) is 59.8 Å². The molecule has 5 nitrogen and oxygen atoms in total. The van der Waals surface area contributed by atoms with Crippen molar-refractivity contribution in [1.82, 2.24) is 4.90 Å². The van der Waals surface area contributed by atoms with Crippen LogP contribution in [0, 0.1) is 6.92 Å². The Morgan fingerprint density at radius 3 is 2.67 bits per heavy atom. The molecule has 0 spiro atoms. The molecule has 4 rings (SSSR count). The molecule has 0 radical (unpaired) electrons. The molecule has 1 fully saturated rings. The van der Waals surface area contributed by atoms with E-state index in [4.69, 9.17) is 9.15 Å². The summed E-state index contributed by atoms with van der Waals surface area (Å²) in [7, 11) is 0. The summed E-state index contributed by atoms with van der Waals surface area (Å²) >= 11 is 4.46. The standard InChI is InChI=1S/C23H18BrNO4S/c1-15-7-9-18(19(24)13-15)20-10-8-17(29-20)14-21-22(26)25(23(27)30-21)11-12-28-16-5-3-2-4-6-16/h2-10,13-14H,11-12H2,1H3/b21-14-. The molecule has 0 aliphatic carbocycles. The number of furan rings is 1. The minimum Gasteiger partial charge on any atom is -0.492 e. The highest BCUT2D eigenvalue weighted by Gasteiger charge is 2.35. The SMILES string of the molecule is Cc1ccc(-c2ccc(/C=C3\SC(=O)N(CCOc4ccccc4)C3=O)o2)c(Br)c1. The zero-order valence-corrected chi connectivity index (χ0v) is 18.5. The molecule has 30 heavy (non-hydrogen) atoms. The zero-order valence-electron chi connectivity index (χ0n) is 16.1. The molecule has 0 saturated carbocycles. The van der Waals surface area contributed by atoms with Crippen molar-refractivity contribution in [3.05, 3.63) is 81.4 Å². The summed E-state index contributed by atoms with van der Waals surface area (Å²) in [5.74, 6) is 1.56. The number of para-hydroxylation sites is 1. The van der Waals surface area contributed by atoms with Gasteiger partial charge in [-0.1, -0.05) is 40.2 Å². The van der Waals surface area contributed by atoms with Crippen molar-refractivity contribution in [3.8, 4) is 17.1 Å². The Bertz CT molecular complexity index is 1120. The van der Waals surface area contributed by atoms with Gasteiger partial charge in [0.1, 0.15) is 23.9 Å². The van der Waals surface area contributed by atoms with E-state index in [-0.39, 0.29) is 24.3 Å². The van der Waals surface area contributed by atoms with E-state index < -0.39 is 0 Å². The number of carbonyl (C=O) groups excluding carboxylic acids is 2. The summed E-state index contributed by atoms with van der Waals surface area (Å²) in [5, 5.41) is -0.309. The van der Waals surface area contributed by atoms with Gasteiger partial charge in [0.05, 0.1) is 11.4 Å². The molecular formula is C23H18BrNO4S. The third-order valence-electron chi connectivity index (χ3n) is 4.49. The van der Waals surface area contributed by atoms with Crippen molar-refractivity contribution < 1.29 is 18.7 Å². The largest absolute Gasteiger partial charge is 0.492 e. The molecule has 2 amide bonds. The summed E-state index contributed by atoms with van der Waals surface area (Å²) in [5.41, 5.74) is 2.06. The van der Waals surface area contributed by atoms with Crippen LogP contribution in [-0.2, 0) is 4.79 Å². The van der Waals surface area contributed by atoms with Gasteiger partial charge in [0.25, 0.3) is 11.1 Å². The van der Waals surface area contributed by atoms with Crippen LogP contribution in [0.4, 0.5) is 4.79 Å². The van der Waals surface area contributed by atoms with Gasteiger partial charge in [-0.05, 0) is 60.6 Å². The predicted octanol–water partition coefficient (Wildman–Crippen LogP) is 6.13. The number of halogens is 1. The molecule has 1 saturated heterocycles. The fourth-order valence-electron chi connectivity index (χ4n) is 2.99. The first-order valence-electron chi connectivity index (χ1n) is 9.31. The number of carbonyl (C=O) groups is 2. The van der Waals surface area contributed by atoms with Crippen molar-refractivity contribution >= 4 is 44.9 Å². The van der Waals surface area contributed by atoms with E-state index in [0.717, 1.165) is 27.4 Å². The monoisotopic (exact) mass is 483 g/mol. The van der Waals surface area contributed by atoms with Crippen LogP contribution in [-0.4, -0.2) is 29.2 Å². The minimum atomic E-state index is -0.337. The third kappa shape index (κ3) is 4.52. The fourth-order valence-corrected chi connectivity index (χ4v) is 4.52. The first-order valence-corrected chi connectivity index (χ1v) is 10.9. The highest BCUT2D eigenvalue weighted by atomic mass is 79.9. The minimum absolute atomic E-state index is 0.191.